The predicted octanol–water partition coefficient (Wildman–Crippen LogP) is 3.40. The average molecular weight is 314 g/mol. The number of rotatable bonds is 3. The van der Waals surface area contributed by atoms with Gasteiger partial charge in [-0.3, -0.25) is 0 Å². The van der Waals surface area contributed by atoms with Crippen molar-refractivity contribution in [2.24, 2.45) is 0 Å². The molecule has 1 aromatic heterocycles. The largest absolute Gasteiger partial charge is 0.369 e. The molecule has 1 unspecified atom stereocenters. The highest BCUT2D eigenvalue weighted by Gasteiger charge is 2.33. The van der Waals surface area contributed by atoms with Crippen molar-refractivity contribution in [3.05, 3.63) is 16.0 Å². The van der Waals surface area contributed by atoms with Gasteiger partial charge in [0.2, 0.25) is 0 Å². The van der Waals surface area contributed by atoms with Crippen molar-refractivity contribution < 1.29 is 4.74 Å². The standard InChI is InChI=1S/C13H20BrN3O/c1-4-15-11-10(14)9(2)16-12(17-11)13(3)7-5-6-8-18-13/h4-8H2,1-3H3,(H,15,16,17). The molecular formula is C13H20BrN3O. The molecule has 4 nitrogen and oxygen atoms in total. The van der Waals surface area contributed by atoms with E-state index in [2.05, 4.69) is 45.1 Å². The minimum Gasteiger partial charge on any atom is -0.369 e. The molecule has 18 heavy (non-hydrogen) atoms. The zero-order valence-corrected chi connectivity index (χ0v) is 12.8. The number of nitrogens with zero attached hydrogens (tertiary/aromatic N) is 2. The predicted molar refractivity (Wildman–Crippen MR) is 75.8 cm³/mol. The maximum atomic E-state index is 5.91. The minimum absolute atomic E-state index is 0.339. The third-order valence-electron chi connectivity index (χ3n) is 3.30. The van der Waals surface area contributed by atoms with Gasteiger partial charge in [0, 0.05) is 13.2 Å². The Kier molecular flexibility index (Phi) is 4.22. The molecule has 0 saturated carbocycles. The second-order valence-electron chi connectivity index (χ2n) is 4.86. The SMILES string of the molecule is CCNc1nc(C2(C)CCCCO2)nc(C)c1Br. The number of ether oxygens (including phenoxy) is 1. The fourth-order valence-electron chi connectivity index (χ4n) is 2.19. The van der Waals surface area contributed by atoms with Crippen LogP contribution in [0.15, 0.2) is 4.47 Å². The third-order valence-corrected chi connectivity index (χ3v) is 4.25. The van der Waals surface area contributed by atoms with Gasteiger partial charge in [-0.2, -0.15) is 0 Å². The van der Waals surface area contributed by atoms with Gasteiger partial charge in [-0.05, 0) is 56.0 Å². The maximum absolute atomic E-state index is 5.91. The lowest BCUT2D eigenvalue weighted by Gasteiger charge is -2.32. The normalized spacial score (nSPS) is 24.0. The fourth-order valence-corrected chi connectivity index (χ4v) is 2.51. The van der Waals surface area contributed by atoms with Crippen molar-refractivity contribution >= 4 is 21.7 Å². The van der Waals surface area contributed by atoms with E-state index in [0.717, 1.165) is 47.8 Å². The third kappa shape index (κ3) is 2.67. The summed E-state index contributed by atoms with van der Waals surface area (Å²) in [6, 6.07) is 0. The summed E-state index contributed by atoms with van der Waals surface area (Å²) in [5.41, 5.74) is 0.611. The summed E-state index contributed by atoms with van der Waals surface area (Å²) in [6.45, 7) is 7.77. The van der Waals surface area contributed by atoms with Gasteiger partial charge in [0.15, 0.2) is 5.82 Å². The molecule has 1 atom stereocenters. The number of halogens is 1. The smallest absolute Gasteiger partial charge is 0.162 e. The molecule has 0 bridgehead atoms. The van der Waals surface area contributed by atoms with Crippen LogP contribution in [0.5, 0.6) is 0 Å². The second kappa shape index (κ2) is 5.53. The average Bonchev–Trinajstić information content (AvgIpc) is 2.36. The molecule has 1 aliphatic rings. The Hall–Kier alpha value is -0.680. The Labute approximate surface area is 117 Å². The zero-order valence-electron chi connectivity index (χ0n) is 11.2. The van der Waals surface area contributed by atoms with E-state index >= 15 is 0 Å². The summed E-state index contributed by atoms with van der Waals surface area (Å²) in [6.07, 6.45) is 3.29. The second-order valence-corrected chi connectivity index (χ2v) is 5.65. The molecule has 1 fully saturated rings. The van der Waals surface area contributed by atoms with E-state index in [-0.39, 0.29) is 5.60 Å². The summed E-state index contributed by atoms with van der Waals surface area (Å²) in [4.78, 5) is 9.21. The van der Waals surface area contributed by atoms with Crippen LogP contribution >= 0.6 is 15.9 Å². The van der Waals surface area contributed by atoms with Crippen LogP contribution in [0.25, 0.3) is 0 Å². The van der Waals surface area contributed by atoms with Crippen LogP contribution in [0.3, 0.4) is 0 Å². The summed E-state index contributed by atoms with van der Waals surface area (Å²) in [5.74, 6) is 1.65. The van der Waals surface area contributed by atoms with Gasteiger partial charge in [0.25, 0.3) is 0 Å². The zero-order chi connectivity index (χ0) is 13.2. The topological polar surface area (TPSA) is 47.0 Å². The Morgan fingerprint density at radius 1 is 1.39 bits per heavy atom. The Balaban J connectivity index is 2.38. The first-order valence-electron chi connectivity index (χ1n) is 6.49. The van der Waals surface area contributed by atoms with Gasteiger partial charge in [-0.25, -0.2) is 9.97 Å². The van der Waals surface area contributed by atoms with Gasteiger partial charge in [-0.1, -0.05) is 0 Å². The summed E-state index contributed by atoms with van der Waals surface area (Å²) < 4.78 is 6.85. The maximum Gasteiger partial charge on any atom is 0.162 e. The van der Waals surface area contributed by atoms with E-state index in [1.165, 1.54) is 6.42 Å². The molecule has 1 saturated heterocycles. The lowest BCUT2D eigenvalue weighted by molar-refractivity contribution is -0.0760. The van der Waals surface area contributed by atoms with Crippen LogP contribution in [-0.2, 0) is 10.3 Å². The van der Waals surface area contributed by atoms with Crippen LogP contribution < -0.4 is 5.32 Å². The number of anilines is 1. The van der Waals surface area contributed by atoms with Crippen molar-refractivity contribution in [2.75, 3.05) is 18.5 Å². The van der Waals surface area contributed by atoms with E-state index in [1.54, 1.807) is 0 Å². The number of hydrogen-bond donors (Lipinski definition) is 1. The molecule has 0 spiro atoms. The van der Waals surface area contributed by atoms with Gasteiger partial charge in [-0.15, -0.1) is 0 Å². The number of aromatic nitrogens is 2. The Morgan fingerprint density at radius 2 is 2.17 bits per heavy atom. The molecule has 100 valence electrons. The van der Waals surface area contributed by atoms with Gasteiger partial charge < -0.3 is 10.1 Å². The quantitative estimate of drug-likeness (QED) is 0.929. The number of hydrogen-bond acceptors (Lipinski definition) is 4. The van der Waals surface area contributed by atoms with Crippen molar-refractivity contribution in [1.82, 2.24) is 9.97 Å². The molecule has 2 rings (SSSR count). The molecule has 0 radical (unpaired) electrons. The molecule has 0 amide bonds. The molecule has 1 N–H and O–H groups in total. The molecule has 0 aliphatic carbocycles. The molecule has 1 aromatic rings. The van der Waals surface area contributed by atoms with E-state index in [1.807, 2.05) is 6.92 Å². The lowest BCUT2D eigenvalue weighted by Crippen LogP contribution is -2.32. The molecule has 1 aliphatic heterocycles. The van der Waals surface area contributed by atoms with E-state index in [4.69, 9.17) is 4.74 Å². The van der Waals surface area contributed by atoms with Crippen LogP contribution in [0.1, 0.15) is 44.6 Å². The monoisotopic (exact) mass is 313 g/mol. The van der Waals surface area contributed by atoms with Gasteiger partial charge in [0.05, 0.1) is 10.2 Å². The first-order valence-corrected chi connectivity index (χ1v) is 7.28. The highest BCUT2D eigenvalue weighted by Crippen LogP contribution is 2.34. The van der Waals surface area contributed by atoms with Crippen LogP contribution in [-0.4, -0.2) is 23.1 Å². The highest BCUT2D eigenvalue weighted by molar-refractivity contribution is 9.10. The van der Waals surface area contributed by atoms with Crippen LogP contribution in [0.4, 0.5) is 5.82 Å². The van der Waals surface area contributed by atoms with E-state index < -0.39 is 0 Å². The van der Waals surface area contributed by atoms with Crippen LogP contribution in [0.2, 0.25) is 0 Å². The summed E-state index contributed by atoms with van der Waals surface area (Å²) in [5, 5.41) is 3.26. The Bertz CT molecular complexity index is 430. The molecule has 0 aromatic carbocycles. The fraction of sp³-hybridized carbons (Fsp3) is 0.692. The first-order chi connectivity index (χ1) is 8.57. The number of aryl methyl sites for hydroxylation is 1. The molecule has 2 heterocycles. The highest BCUT2D eigenvalue weighted by atomic mass is 79.9. The van der Waals surface area contributed by atoms with Gasteiger partial charge >= 0.3 is 0 Å². The minimum atomic E-state index is -0.339. The van der Waals surface area contributed by atoms with Crippen molar-refractivity contribution in [1.29, 1.82) is 0 Å². The van der Waals surface area contributed by atoms with E-state index in [0.29, 0.717) is 0 Å². The molecular weight excluding hydrogens is 294 g/mol. The van der Waals surface area contributed by atoms with E-state index in [9.17, 15) is 0 Å². The van der Waals surface area contributed by atoms with Crippen molar-refractivity contribution in [3.8, 4) is 0 Å². The van der Waals surface area contributed by atoms with Crippen LogP contribution in [0, 0.1) is 6.92 Å². The lowest BCUT2D eigenvalue weighted by atomic mass is 9.95. The Morgan fingerprint density at radius 3 is 2.78 bits per heavy atom. The van der Waals surface area contributed by atoms with Crippen molar-refractivity contribution in [2.45, 2.75) is 45.6 Å². The van der Waals surface area contributed by atoms with Gasteiger partial charge in [0.1, 0.15) is 11.4 Å². The number of nitrogens with one attached hydrogen (secondary N) is 1. The summed E-state index contributed by atoms with van der Waals surface area (Å²) in [7, 11) is 0. The molecule has 5 heteroatoms. The first kappa shape index (κ1) is 13.7. The van der Waals surface area contributed by atoms with Crippen molar-refractivity contribution in [3.63, 3.8) is 0 Å². The summed E-state index contributed by atoms with van der Waals surface area (Å²) >= 11 is 3.53.